The molecule has 0 aliphatic carbocycles. The van der Waals surface area contributed by atoms with Gasteiger partial charge in [0.1, 0.15) is 24.6 Å². The number of fused-ring (bicyclic) bond motifs is 2. The number of amides is 1. The molecule has 0 unspecified atom stereocenters. The van der Waals surface area contributed by atoms with Crippen LogP contribution in [0.5, 0.6) is 5.75 Å². The zero-order valence-corrected chi connectivity index (χ0v) is 16.4. The predicted molar refractivity (Wildman–Crippen MR) is 115 cm³/mol. The lowest BCUT2D eigenvalue weighted by Gasteiger charge is -2.13. The summed E-state index contributed by atoms with van der Waals surface area (Å²) in [4.78, 5) is 20.5. The van der Waals surface area contributed by atoms with Gasteiger partial charge in [-0.3, -0.25) is 14.8 Å². The molecule has 146 valence electrons. The van der Waals surface area contributed by atoms with Crippen LogP contribution in [0.15, 0.2) is 67.0 Å². The maximum atomic E-state index is 11.7. The van der Waals surface area contributed by atoms with Crippen molar-refractivity contribution in [2.75, 3.05) is 7.05 Å². The van der Waals surface area contributed by atoms with Crippen LogP contribution in [0.3, 0.4) is 0 Å². The standard InChI is InChI=1S/C24H18N4O2/c1-28-13-16-7-6-15(11-22(16)28)17-10-20-18(4-2-8-26-20)23(12-17)30-14-21-19(24(25)29)5-3-9-27-21/h2-13H,14H2,1H3,(H-,25,29)/p+1. The van der Waals surface area contributed by atoms with Gasteiger partial charge < -0.3 is 10.5 Å². The van der Waals surface area contributed by atoms with Crippen molar-refractivity contribution in [3.05, 3.63) is 88.8 Å². The van der Waals surface area contributed by atoms with Gasteiger partial charge in [0.25, 0.3) is 5.91 Å². The van der Waals surface area contributed by atoms with Gasteiger partial charge >= 0.3 is 0 Å². The Kier molecular flexibility index (Phi) is 4.25. The zero-order chi connectivity index (χ0) is 20.7. The van der Waals surface area contributed by atoms with Crippen molar-refractivity contribution in [1.82, 2.24) is 14.5 Å². The summed E-state index contributed by atoms with van der Waals surface area (Å²) >= 11 is 0. The van der Waals surface area contributed by atoms with Gasteiger partial charge in [-0.1, -0.05) is 6.07 Å². The average molecular weight is 395 g/mol. The molecule has 4 aromatic rings. The maximum Gasteiger partial charge on any atom is 0.250 e. The first-order chi connectivity index (χ1) is 14.6. The average Bonchev–Trinajstić information content (AvgIpc) is 2.76. The Balaban J connectivity index is 1.57. The number of ether oxygens (including phenoxy) is 1. The van der Waals surface area contributed by atoms with Gasteiger partial charge in [-0.25, -0.2) is 0 Å². The molecule has 0 radical (unpaired) electrons. The van der Waals surface area contributed by atoms with E-state index in [1.165, 1.54) is 10.6 Å². The Labute approximate surface area is 172 Å². The lowest BCUT2D eigenvalue weighted by molar-refractivity contribution is 0.0997. The van der Waals surface area contributed by atoms with Gasteiger partial charge in [-0.05, 0) is 53.6 Å². The van der Waals surface area contributed by atoms with Crippen LogP contribution in [0.4, 0.5) is 0 Å². The smallest absolute Gasteiger partial charge is 0.250 e. The highest BCUT2D eigenvalue weighted by Gasteiger charge is 2.14. The number of carbonyl (C=O) groups excluding carboxylic acids is 1. The molecule has 5 rings (SSSR count). The molecule has 0 saturated carbocycles. The first-order valence-electron chi connectivity index (χ1n) is 9.57. The van der Waals surface area contributed by atoms with E-state index in [2.05, 4.69) is 45.0 Å². The Hall–Kier alpha value is -4.06. The third-order valence-corrected chi connectivity index (χ3v) is 5.28. The first-order valence-corrected chi connectivity index (χ1v) is 9.57. The van der Waals surface area contributed by atoms with Crippen LogP contribution in [-0.4, -0.2) is 22.9 Å². The minimum absolute atomic E-state index is 0.133. The molecule has 1 aliphatic rings. The second-order valence-corrected chi connectivity index (χ2v) is 7.21. The number of pyridine rings is 2. The van der Waals surface area contributed by atoms with E-state index in [1.807, 2.05) is 25.2 Å². The summed E-state index contributed by atoms with van der Waals surface area (Å²) in [7, 11) is 2.03. The van der Waals surface area contributed by atoms with Crippen molar-refractivity contribution >= 4 is 23.0 Å². The number of hydrogen-bond donors (Lipinski definition) is 1. The Bertz CT molecular complexity index is 1440. The van der Waals surface area contributed by atoms with Crippen LogP contribution in [-0.2, 0) is 6.61 Å². The van der Waals surface area contributed by atoms with Crippen LogP contribution in [0, 0.1) is 0 Å². The first kappa shape index (κ1) is 18.0. The number of nitrogens with zero attached hydrogens (tertiary/aromatic N) is 3. The number of carbonyl (C=O) groups is 1. The summed E-state index contributed by atoms with van der Waals surface area (Å²) in [5, 5.41) is 3.31. The van der Waals surface area contributed by atoms with E-state index in [0.717, 1.165) is 22.0 Å². The van der Waals surface area contributed by atoms with Crippen LogP contribution < -0.4 is 25.6 Å². The van der Waals surface area contributed by atoms with E-state index in [4.69, 9.17) is 10.5 Å². The fourth-order valence-electron chi connectivity index (χ4n) is 3.71. The number of primary amides is 1. The lowest BCUT2D eigenvalue weighted by Crippen LogP contribution is -2.44. The molecule has 0 atom stereocenters. The predicted octanol–water partition coefficient (Wildman–Crippen LogP) is 1.85. The minimum atomic E-state index is -0.523. The Morgan fingerprint density at radius 1 is 1.03 bits per heavy atom. The molecule has 0 spiro atoms. The molecule has 1 amide bonds. The fraction of sp³-hybridized carbons (Fsp3) is 0.0833. The highest BCUT2D eigenvalue weighted by Crippen LogP contribution is 2.31. The second kappa shape index (κ2) is 7.08. The van der Waals surface area contributed by atoms with Gasteiger partial charge in [-0.2, -0.15) is 4.58 Å². The van der Waals surface area contributed by atoms with E-state index in [0.29, 0.717) is 17.0 Å². The summed E-state index contributed by atoms with van der Waals surface area (Å²) in [5.41, 5.74) is 9.26. The highest BCUT2D eigenvalue weighted by molar-refractivity contribution is 5.94. The van der Waals surface area contributed by atoms with E-state index in [9.17, 15) is 4.79 Å². The van der Waals surface area contributed by atoms with Crippen LogP contribution >= 0.6 is 0 Å². The van der Waals surface area contributed by atoms with Crippen LogP contribution in [0.2, 0.25) is 0 Å². The third kappa shape index (κ3) is 3.08. The molecule has 0 fully saturated rings. The summed E-state index contributed by atoms with van der Waals surface area (Å²) in [6.07, 6.45) is 5.48. The van der Waals surface area contributed by atoms with Gasteiger partial charge in [-0.15, -0.1) is 0 Å². The number of nitrogens with two attached hydrogens (primary N) is 1. The quantitative estimate of drug-likeness (QED) is 0.523. The molecule has 6 heteroatoms. The van der Waals surface area contributed by atoms with Crippen molar-refractivity contribution in [2.24, 2.45) is 5.73 Å². The highest BCUT2D eigenvalue weighted by atomic mass is 16.5. The Morgan fingerprint density at radius 3 is 2.70 bits per heavy atom. The van der Waals surface area contributed by atoms with Crippen molar-refractivity contribution < 1.29 is 9.53 Å². The molecule has 2 aromatic heterocycles. The monoisotopic (exact) mass is 395 g/mol. The van der Waals surface area contributed by atoms with E-state index in [-0.39, 0.29) is 6.61 Å². The molecule has 0 bridgehead atoms. The minimum Gasteiger partial charge on any atom is -0.487 e. The van der Waals surface area contributed by atoms with Crippen molar-refractivity contribution in [1.29, 1.82) is 0 Å². The largest absolute Gasteiger partial charge is 0.487 e. The van der Waals surface area contributed by atoms with E-state index in [1.54, 1.807) is 24.5 Å². The molecule has 2 aromatic carbocycles. The number of aromatic nitrogens is 2. The molecule has 30 heavy (non-hydrogen) atoms. The van der Waals surface area contributed by atoms with Crippen molar-refractivity contribution in [3.63, 3.8) is 0 Å². The summed E-state index contributed by atoms with van der Waals surface area (Å²) in [6, 6.07) is 17.6. The number of rotatable bonds is 5. The molecular weight excluding hydrogens is 376 g/mol. The molecule has 3 heterocycles. The van der Waals surface area contributed by atoms with Gasteiger partial charge in [0.05, 0.1) is 16.8 Å². The molecule has 2 N–H and O–H groups in total. The van der Waals surface area contributed by atoms with Crippen LogP contribution in [0.25, 0.3) is 28.2 Å². The van der Waals surface area contributed by atoms with E-state index < -0.39 is 5.91 Å². The van der Waals surface area contributed by atoms with Gasteiger partial charge in [0.15, 0.2) is 6.20 Å². The SMILES string of the molecule is C[N+]1=c2cc(-c3cc(OCc4ncccc4C(N)=O)c4cccnc4c3)ccc2=C1. The molecule has 0 saturated heterocycles. The molecular formula is C24H19N4O2+. The number of benzene rings is 2. The normalized spacial score (nSPS) is 12.1. The maximum absolute atomic E-state index is 11.7. The Morgan fingerprint density at radius 2 is 1.87 bits per heavy atom. The van der Waals surface area contributed by atoms with E-state index >= 15 is 0 Å². The zero-order valence-electron chi connectivity index (χ0n) is 16.4. The fourth-order valence-corrected chi connectivity index (χ4v) is 3.71. The van der Waals surface area contributed by atoms with Crippen molar-refractivity contribution in [2.45, 2.75) is 6.61 Å². The molecule has 1 aliphatic heterocycles. The molecule has 6 nitrogen and oxygen atoms in total. The van der Waals surface area contributed by atoms with Gasteiger partial charge in [0.2, 0.25) is 5.36 Å². The summed E-state index contributed by atoms with van der Waals surface area (Å²) < 4.78 is 8.22. The van der Waals surface area contributed by atoms with Gasteiger partial charge in [0, 0.05) is 23.8 Å². The van der Waals surface area contributed by atoms with Crippen molar-refractivity contribution in [3.8, 4) is 16.9 Å². The topological polar surface area (TPSA) is 81.1 Å². The summed E-state index contributed by atoms with van der Waals surface area (Å²) in [5.74, 6) is 0.157. The van der Waals surface area contributed by atoms with Crippen LogP contribution in [0.1, 0.15) is 16.1 Å². The number of hydrogen-bond acceptors (Lipinski definition) is 4. The second-order valence-electron chi connectivity index (χ2n) is 7.21. The lowest BCUT2D eigenvalue weighted by atomic mass is 10.0. The summed E-state index contributed by atoms with van der Waals surface area (Å²) in [6.45, 7) is 0.133. The third-order valence-electron chi connectivity index (χ3n) is 5.28.